The molecule has 1 saturated carbocycles. The summed E-state index contributed by atoms with van der Waals surface area (Å²) in [6, 6.07) is 2.95. The molecule has 2 rings (SSSR count). The van der Waals surface area contributed by atoms with Gasteiger partial charge in [0.2, 0.25) is 5.91 Å². The third kappa shape index (κ3) is 4.99. The second kappa shape index (κ2) is 8.21. The van der Waals surface area contributed by atoms with Gasteiger partial charge in [-0.05, 0) is 69.1 Å². The summed E-state index contributed by atoms with van der Waals surface area (Å²) in [6.07, 6.45) is 5.13. The number of amides is 1. The van der Waals surface area contributed by atoms with E-state index in [0.717, 1.165) is 25.7 Å². The molecule has 0 heterocycles. The maximum atomic E-state index is 12.2. The smallest absolute Gasteiger partial charge is 0.335 e. The van der Waals surface area contributed by atoms with E-state index in [1.165, 1.54) is 18.6 Å². The van der Waals surface area contributed by atoms with Gasteiger partial charge >= 0.3 is 5.97 Å². The Labute approximate surface area is 156 Å². The first-order valence-electron chi connectivity index (χ1n) is 7.22. The minimum atomic E-state index is -1.02. The number of hydrogen-bond acceptors (Lipinski definition) is 3. The van der Waals surface area contributed by atoms with Gasteiger partial charge in [0, 0.05) is 14.9 Å². The lowest BCUT2D eigenvalue weighted by Crippen LogP contribution is -2.39. The number of carboxylic acid groups (broad SMARTS) is 1. The predicted octanol–water partition coefficient (Wildman–Crippen LogP) is 4.30. The summed E-state index contributed by atoms with van der Waals surface area (Å²) in [7, 11) is 0. The Balaban J connectivity index is 2.02. The van der Waals surface area contributed by atoms with Crippen LogP contribution < -0.4 is 10.6 Å². The van der Waals surface area contributed by atoms with Gasteiger partial charge in [0.25, 0.3) is 0 Å². The van der Waals surface area contributed by atoms with Crippen LogP contribution in [0.2, 0.25) is 0 Å². The van der Waals surface area contributed by atoms with E-state index in [4.69, 9.17) is 17.3 Å². The molecule has 1 aromatic carbocycles. The summed E-state index contributed by atoms with van der Waals surface area (Å²) >= 11 is 11.8. The molecule has 1 aromatic rings. The van der Waals surface area contributed by atoms with Crippen LogP contribution in [0.1, 0.15) is 42.5 Å². The molecule has 0 aliphatic heterocycles. The molecule has 8 heteroatoms. The lowest BCUT2D eigenvalue weighted by molar-refractivity contribution is -0.124. The molecule has 3 N–H and O–H groups in total. The van der Waals surface area contributed by atoms with Gasteiger partial charge < -0.3 is 15.7 Å². The molecule has 5 nitrogen and oxygen atoms in total. The Morgan fingerprint density at radius 1 is 1.13 bits per heavy atom. The van der Waals surface area contributed by atoms with Crippen LogP contribution in [0.25, 0.3) is 0 Å². The van der Waals surface area contributed by atoms with Gasteiger partial charge in [-0.2, -0.15) is 0 Å². The van der Waals surface area contributed by atoms with Gasteiger partial charge in [-0.25, -0.2) is 4.79 Å². The lowest BCUT2D eigenvalue weighted by atomic mass is 9.89. The van der Waals surface area contributed by atoms with E-state index >= 15 is 0 Å². The third-order valence-electron chi connectivity index (χ3n) is 3.74. The van der Waals surface area contributed by atoms with Crippen molar-refractivity contribution in [3.05, 3.63) is 26.6 Å². The number of carbonyl (C=O) groups excluding carboxylic acids is 1. The number of hydrogen-bond donors (Lipinski definition) is 3. The van der Waals surface area contributed by atoms with Gasteiger partial charge in [-0.3, -0.25) is 4.79 Å². The van der Waals surface area contributed by atoms with E-state index in [-0.39, 0.29) is 22.5 Å². The number of aromatic carboxylic acids is 1. The minimum absolute atomic E-state index is 0.0183. The molecule has 0 spiro atoms. The van der Waals surface area contributed by atoms with E-state index < -0.39 is 5.97 Å². The number of thiocarbonyl (C=S) groups is 1. The molecule has 124 valence electrons. The number of carboxylic acids is 1. The van der Waals surface area contributed by atoms with Gasteiger partial charge in [-0.1, -0.05) is 19.3 Å². The zero-order chi connectivity index (χ0) is 17.0. The highest BCUT2D eigenvalue weighted by atomic mass is 79.9. The first-order valence-corrected chi connectivity index (χ1v) is 9.22. The fraction of sp³-hybridized carbons (Fsp3) is 0.400. The number of rotatable bonds is 3. The standard InChI is InChI=1S/C15H16Br2N2O3S/c16-10-6-9(14(21)22)7-11(17)12(10)18-15(23)19-13(20)8-4-2-1-3-5-8/h6-8H,1-5H2,(H,21,22)(H2,18,19,20,23). The Kier molecular flexibility index (Phi) is 6.55. The van der Waals surface area contributed by atoms with Crippen LogP contribution in [-0.2, 0) is 4.79 Å². The van der Waals surface area contributed by atoms with E-state index in [2.05, 4.69) is 42.5 Å². The third-order valence-corrected chi connectivity index (χ3v) is 5.20. The number of carbonyl (C=O) groups is 2. The summed E-state index contributed by atoms with van der Waals surface area (Å²) < 4.78 is 1.08. The first kappa shape index (κ1) is 18.4. The molecular formula is C15H16Br2N2O3S. The molecule has 0 bridgehead atoms. The molecular weight excluding hydrogens is 448 g/mol. The summed E-state index contributed by atoms with van der Waals surface area (Å²) in [6.45, 7) is 0. The number of halogens is 2. The normalized spacial score (nSPS) is 15.0. The van der Waals surface area contributed by atoms with Gasteiger partial charge in [0.1, 0.15) is 0 Å². The van der Waals surface area contributed by atoms with Gasteiger partial charge in [0.15, 0.2) is 5.11 Å². The van der Waals surface area contributed by atoms with Crippen molar-refractivity contribution >= 4 is 66.8 Å². The average Bonchev–Trinajstić information content (AvgIpc) is 2.51. The highest BCUT2D eigenvalue weighted by molar-refractivity contribution is 9.11. The number of benzene rings is 1. The van der Waals surface area contributed by atoms with Crippen molar-refractivity contribution in [2.45, 2.75) is 32.1 Å². The van der Waals surface area contributed by atoms with Crippen LogP contribution in [0.4, 0.5) is 5.69 Å². The van der Waals surface area contributed by atoms with Crippen LogP contribution >= 0.6 is 44.1 Å². The monoisotopic (exact) mass is 462 g/mol. The Hall–Kier alpha value is -0.990. The van der Waals surface area contributed by atoms with Crippen LogP contribution in [-0.4, -0.2) is 22.1 Å². The summed E-state index contributed by atoms with van der Waals surface area (Å²) in [4.78, 5) is 23.2. The SMILES string of the molecule is O=C(O)c1cc(Br)c(NC(=S)NC(=O)C2CCCCC2)c(Br)c1. The van der Waals surface area contributed by atoms with Crippen molar-refractivity contribution in [3.8, 4) is 0 Å². The molecule has 1 aliphatic carbocycles. The zero-order valence-electron chi connectivity index (χ0n) is 12.2. The van der Waals surface area contributed by atoms with E-state index in [9.17, 15) is 9.59 Å². The van der Waals surface area contributed by atoms with E-state index in [0.29, 0.717) is 14.6 Å². The Morgan fingerprint density at radius 3 is 2.22 bits per heavy atom. The topological polar surface area (TPSA) is 78.4 Å². The molecule has 0 atom stereocenters. The van der Waals surface area contributed by atoms with Crippen molar-refractivity contribution < 1.29 is 14.7 Å². The lowest BCUT2D eigenvalue weighted by Gasteiger charge is -2.21. The first-order chi connectivity index (χ1) is 10.9. The van der Waals surface area contributed by atoms with Crippen molar-refractivity contribution in [1.82, 2.24) is 5.32 Å². The molecule has 0 unspecified atom stereocenters. The van der Waals surface area contributed by atoms with Crippen molar-refractivity contribution in [2.75, 3.05) is 5.32 Å². The van der Waals surface area contributed by atoms with E-state index in [1.807, 2.05) is 0 Å². The molecule has 23 heavy (non-hydrogen) atoms. The van der Waals surface area contributed by atoms with E-state index in [1.54, 1.807) is 0 Å². The zero-order valence-corrected chi connectivity index (χ0v) is 16.2. The summed E-state index contributed by atoms with van der Waals surface area (Å²) in [5.74, 6) is -1.06. The Bertz CT molecular complexity index is 623. The Morgan fingerprint density at radius 2 is 1.70 bits per heavy atom. The second-order valence-electron chi connectivity index (χ2n) is 5.40. The molecule has 1 aliphatic rings. The average molecular weight is 464 g/mol. The van der Waals surface area contributed by atoms with Crippen LogP contribution in [0.15, 0.2) is 21.1 Å². The highest BCUT2D eigenvalue weighted by Crippen LogP contribution is 2.32. The predicted molar refractivity (Wildman–Crippen MR) is 99.7 cm³/mol. The van der Waals surface area contributed by atoms with Crippen LogP contribution in [0.5, 0.6) is 0 Å². The molecule has 1 amide bonds. The molecule has 0 aromatic heterocycles. The quantitative estimate of drug-likeness (QED) is 0.582. The summed E-state index contributed by atoms with van der Waals surface area (Å²) in [5.41, 5.74) is 0.718. The summed E-state index contributed by atoms with van der Waals surface area (Å²) in [5, 5.41) is 14.9. The van der Waals surface area contributed by atoms with Crippen molar-refractivity contribution in [2.24, 2.45) is 5.92 Å². The largest absolute Gasteiger partial charge is 0.478 e. The maximum Gasteiger partial charge on any atom is 0.335 e. The maximum absolute atomic E-state index is 12.2. The molecule has 1 fully saturated rings. The fourth-order valence-corrected chi connectivity index (χ4v) is 4.13. The second-order valence-corrected chi connectivity index (χ2v) is 7.52. The highest BCUT2D eigenvalue weighted by Gasteiger charge is 2.22. The molecule has 0 saturated heterocycles. The number of anilines is 1. The minimum Gasteiger partial charge on any atom is -0.478 e. The van der Waals surface area contributed by atoms with Crippen LogP contribution in [0.3, 0.4) is 0 Å². The van der Waals surface area contributed by atoms with Gasteiger partial charge in [-0.15, -0.1) is 0 Å². The van der Waals surface area contributed by atoms with Crippen LogP contribution in [0, 0.1) is 5.92 Å². The fourth-order valence-electron chi connectivity index (χ4n) is 2.54. The molecule has 0 radical (unpaired) electrons. The van der Waals surface area contributed by atoms with Crippen molar-refractivity contribution in [1.29, 1.82) is 0 Å². The number of nitrogens with one attached hydrogen (secondary N) is 2. The van der Waals surface area contributed by atoms with Gasteiger partial charge in [0.05, 0.1) is 11.3 Å². The van der Waals surface area contributed by atoms with Crippen molar-refractivity contribution in [3.63, 3.8) is 0 Å².